The van der Waals surface area contributed by atoms with Gasteiger partial charge in [-0.05, 0) is 31.0 Å². The summed E-state index contributed by atoms with van der Waals surface area (Å²) in [5, 5.41) is 2.80. The molecule has 0 spiro atoms. The maximum absolute atomic E-state index is 13.1. The fraction of sp³-hybridized carbons (Fsp3) is 0.500. The van der Waals surface area contributed by atoms with Crippen molar-refractivity contribution in [3.63, 3.8) is 0 Å². The second kappa shape index (κ2) is 6.51. The number of hydrogen-bond acceptors (Lipinski definition) is 3. The summed E-state index contributed by atoms with van der Waals surface area (Å²) in [5.74, 6) is -1.10. The standard InChI is InChI=1S/C14H17F4N3O/c15-9-1-2-12(11(7-9)14(16,17)18)20-10-3-5-21(6-4-10)13(22)8-19/h1-2,7,10,20H,3-6,8,19H2. The van der Waals surface area contributed by atoms with E-state index in [1.807, 2.05) is 0 Å². The molecule has 0 aromatic heterocycles. The maximum Gasteiger partial charge on any atom is 0.418 e. The quantitative estimate of drug-likeness (QED) is 0.840. The summed E-state index contributed by atoms with van der Waals surface area (Å²) < 4.78 is 51.8. The average molecular weight is 319 g/mol. The molecule has 22 heavy (non-hydrogen) atoms. The van der Waals surface area contributed by atoms with Gasteiger partial charge in [0.05, 0.1) is 12.1 Å². The molecule has 0 atom stereocenters. The molecule has 1 amide bonds. The minimum atomic E-state index is -4.62. The lowest BCUT2D eigenvalue weighted by molar-refractivity contribution is -0.137. The van der Waals surface area contributed by atoms with Gasteiger partial charge in [-0.3, -0.25) is 4.79 Å². The smallest absolute Gasteiger partial charge is 0.382 e. The molecule has 1 fully saturated rings. The van der Waals surface area contributed by atoms with Crippen molar-refractivity contribution in [1.29, 1.82) is 0 Å². The number of hydrogen-bond donors (Lipinski definition) is 2. The van der Waals surface area contributed by atoms with Crippen molar-refractivity contribution in [2.45, 2.75) is 25.1 Å². The van der Waals surface area contributed by atoms with Crippen molar-refractivity contribution < 1.29 is 22.4 Å². The highest BCUT2D eigenvalue weighted by Gasteiger charge is 2.34. The first-order valence-corrected chi connectivity index (χ1v) is 6.92. The number of alkyl halides is 3. The Labute approximate surface area is 125 Å². The topological polar surface area (TPSA) is 58.4 Å². The van der Waals surface area contributed by atoms with Crippen LogP contribution in [0, 0.1) is 5.82 Å². The molecule has 2 rings (SSSR count). The number of amides is 1. The van der Waals surface area contributed by atoms with Crippen LogP contribution in [0.5, 0.6) is 0 Å². The van der Waals surface area contributed by atoms with Gasteiger partial charge in [0.1, 0.15) is 5.82 Å². The molecule has 1 aromatic rings. The number of carbonyl (C=O) groups excluding carboxylic acids is 1. The molecule has 122 valence electrons. The first-order valence-electron chi connectivity index (χ1n) is 6.92. The van der Waals surface area contributed by atoms with Crippen molar-refractivity contribution in [2.75, 3.05) is 25.0 Å². The van der Waals surface area contributed by atoms with Crippen LogP contribution in [0.15, 0.2) is 18.2 Å². The van der Waals surface area contributed by atoms with Gasteiger partial charge in [-0.1, -0.05) is 0 Å². The number of anilines is 1. The first-order chi connectivity index (χ1) is 10.3. The highest BCUT2D eigenvalue weighted by Crippen LogP contribution is 2.36. The Kier molecular flexibility index (Phi) is 4.90. The van der Waals surface area contributed by atoms with Crippen LogP contribution in [0.25, 0.3) is 0 Å². The van der Waals surface area contributed by atoms with Crippen LogP contribution in [0.2, 0.25) is 0 Å². The second-order valence-electron chi connectivity index (χ2n) is 5.19. The number of halogens is 4. The highest BCUT2D eigenvalue weighted by molar-refractivity contribution is 5.78. The van der Waals surface area contributed by atoms with Gasteiger partial charge >= 0.3 is 6.18 Å². The van der Waals surface area contributed by atoms with Crippen LogP contribution in [-0.2, 0) is 11.0 Å². The van der Waals surface area contributed by atoms with Crippen molar-refractivity contribution >= 4 is 11.6 Å². The summed E-state index contributed by atoms with van der Waals surface area (Å²) in [6.45, 7) is 0.806. The monoisotopic (exact) mass is 319 g/mol. The lowest BCUT2D eigenvalue weighted by atomic mass is 10.0. The molecule has 4 nitrogen and oxygen atoms in total. The van der Waals surface area contributed by atoms with Crippen LogP contribution >= 0.6 is 0 Å². The van der Waals surface area contributed by atoms with Crippen molar-refractivity contribution in [2.24, 2.45) is 5.73 Å². The number of nitrogens with zero attached hydrogens (tertiary/aromatic N) is 1. The maximum atomic E-state index is 13.1. The minimum absolute atomic E-state index is 0.0751. The zero-order chi connectivity index (χ0) is 16.3. The van der Waals surface area contributed by atoms with E-state index in [4.69, 9.17) is 5.73 Å². The predicted octanol–water partition coefficient (Wildman–Crippen LogP) is 2.21. The highest BCUT2D eigenvalue weighted by atomic mass is 19.4. The minimum Gasteiger partial charge on any atom is -0.382 e. The van der Waals surface area contributed by atoms with Crippen LogP contribution < -0.4 is 11.1 Å². The fourth-order valence-electron chi connectivity index (χ4n) is 2.50. The molecule has 0 saturated carbocycles. The molecule has 1 aromatic carbocycles. The van der Waals surface area contributed by atoms with Crippen molar-refractivity contribution in [1.82, 2.24) is 4.90 Å². The van der Waals surface area contributed by atoms with E-state index in [1.54, 1.807) is 4.90 Å². The predicted molar refractivity (Wildman–Crippen MR) is 73.7 cm³/mol. The van der Waals surface area contributed by atoms with Crippen molar-refractivity contribution in [3.05, 3.63) is 29.6 Å². The van der Waals surface area contributed by atoms with Crippen molar-refractivity contribution in [3.8, 4) is 0 Å². The van der Waals surface area contributed by atoms with Crippen LogP contribution in [0.1, 0.15) is 18.4 Å². The van der Waals surface area contributed by atoms with Gasteiger partial charge in [0.25, 0.3) is 0 Å². The molecular weight excluding hydrogens is 302 g/mol. The summed E-state index contributed by atoms with van der Waals surface area (Å²) in [6, 6.07) is 2.36. The third kappa shape index (κ3) is 3.88. The summed E-state index contributed by atoms with van der Waals surface area (Å²) in [7, 11) is 0. The Morgan fingerprint density at radius 1 is 1.32 bits per heavy atom. The molecule has 1 aliphatic rings. The van der Waals surface area contributed by atoms with E-state index in [2.05, 4.69) is 5.32 Å². The number of benzene rings is 1. The largest absolute Gasteiger partial charge is 0.418 e. The van der Waals surface area contributed by atoms with Gasteiger partial charge in [0.15, 0.2) is 0 Å². The Morgan fingerprint density at radius 3 is 2.50 bits per heavy atom. The SMILES string of the molecule is NCC(=O)N1CCC(Nc2ccc(F)cc2C(F)(F)F)CC1. The zero-order valence-electron chi connectivity index (χ0n) is 11.8. The van der Waals surface area contributed by atoms with Gasteiger partial charge < -0.3 is 16.0 Å². The van der Waals surface area contributed by atoms with E-state index in [9.17, 15) is 22.4 Å². The Bertz CT molecular complexity index is 539. The molecule has 8 heteroatoms. The molecule has 0 aliphatic carbocycles. The number of nitrogens with one attached hydrogen (secondary N) is 1. The second-order valence-corrected chi connectivity index (χ2v) is 5.19. The third-order valence-electron chi connectivity index (χ3n) is 3.67. The molecule has 1 aliphatic heterocycles. The number of piperidine rings is 1. The summed E-state index contributed by atoms with van der Waals surface area (Å²) in [5.41, 5.74) is 4.11. The normalized spacial score (nSPS) is 16.7. The lowest BCUT2D eigenvalue weighted by Gasteiger charge is -2.33. The van der Waals surface area contributed by atoms with Crippen LogP contribution in [0.3, 0.4) is 0 Å². The van der Waals surface area contributed by atoms with E-state index in [1.165, 1.54) is 0 Å². The van der Waals surface area contributed by atoms with E-state index in [-0.39, 0.29) is 24.2 Å². The van der Waals surface area contributed by atoms with Crippen LogP contribution in [0.4, 0.5) is 23.2 Å². The van der Waals surface area contributed by atoms with Gasteiger partial charge in [-0.2, -0.15) is 13.2 Å². The first kappa shape index (κ1) is 16.5. The Balaban J connectivity index is 2.05. The van der Waals surface area contributed by atoms with Gasteiger partial charge in [0.2, 0.25) is 5.91 Å². The number of carbonyl (C=O) groups is 1. The third-order valence-corrected chi connectivity index (χ3v) is 3.67. The van der Waals surface area contributed by atoms with E-state index in [0.717, 1.165) is 12.1 Å². The molecule has 0 bridgehead atoms. The molecule has 1 saturated heterocycles. The van der Waals surface area contributed by atoms with Crippen LogP contribution in [-0.4, -0.2) is 36.5 Å². The van der Waals surface area contributed by atoms with Gasteiger partial charge in [0, 0.05) is 24.8 Å². The summed E-state index contributed by atoms with van der Waals surface area (Å²) >= 11 is 0. The van der Waals surface area contributed by atoms with E-state index >= 15 is 0 Å². The zero-order valence-corrected chi connectivity index (χ0v) is 11.8. The molecule has 0 unspecified atom stereocenters. The number of nitrogens with two attached hydrogens (primary N) is 1. The molecular formula is C14H17F4N3O. The summed E-state index contributed by atoms with van der Waals surface area (Å²) in [6.07, 6.45) is -3.60. The number of rotatable bonds is 3. The molecule has 0 radical (unpaired) electrons. The lowest BCUT2D eigenvalue weighted by Crippen LogP contribution is -2.44. The Morgan fingerprint density at radius 2 is 1.95 bits per heavy atom. The van der Waals surface area contributed by atoms with E-state index in [0.29, 0.717) is 32.0 Å². The fourth-order valence-corrected chi connectivity index (χ4v) is 2.50. The summed E-state index contributed by atoms with van der Waals surface area (Å²) in [4.78, 5) is 13.0. The molecule has 3 N–H and O–H groups in total. The van der Waals surface area contributed by atoms with E-state index < -0.39 is 17.6 Å². The average Bonchev–Trinajstić information content (AvgIpc) is 2.48. The molecule has 1 heterocycles. The Hall–Kier alpha value is -1.83. The van der Waals surface area contributed by atoms with Gasteiger partial charge in [-0.15, -0.1) is 0 Å². The van der Waals surface area contributed by atoms with Gasteiger partial charge in [-0.25, -0.2) is 4.39 Å². The number of likely N-dealkylation sites (tertiary alicyclic amines) is 1.